The molecule has 236 valence electrons. The van der Waals surface area contributed by atoms with E-state index in [1.54, 1.807) is 6.92 Å². The topological polar surface area (TPSA) is 260 Å². The van der Waals surface area contributed by atoms with Gasteiger partial charge in [0.2, 0.25) is 17.5 Å². The summed E-state index contributed by atoms with van der Waals surface area (Å²) < 4.78 is 23.0. The molecule has 5 rings (SSSR count). The van der Waals surface area contributed by atoms with Crippen molar-refractivity contribution in [3.63, 3.8) is 0 Å². The van der Waals surface area contributed by atoms with Gasteiger partial charge >= 0.3 is 0 Å². The summed E-state index contributed by atoms with van der Waals surface area (Å²) in [4.78, 5) is 48.4. The molecule has 3 aliphatic carbocycles. The number of hydrogen-bond donors (Lipinski definition) is 9. The SMILES string of the molecule is COC1C(O)C2(C(=O)NNC(=O)CCCCC(=O)NN)C3OC(OC4C(O)C5(CO)OC(C)C(NC(=O)P)C45)C3(O)C12. The number of fused-ring (bicyclic) bond motifs is 5. The van der Waals surface area contributed by atoms with Crippen molar-refractivity contribution in [2.75, 3.05) is 13.7 Å². The zero-order valence-corrected chi connectivity index (χ0v) is 24.2. The van der Waals surface area contributed by atoms with Crippen molar-refractivity contribution in [2.24, 2.45) is 23.1 Å². The van der Waals surface area contributed by atoms with Gasteiger partial charge in [0.25, 0.3) is 5.91 Å². The van der Waals surface area contributed by atoms with Crippen LogP contribution in [0.15, 0.2) is 0 Å². The monoisotopic (exact) mass is 619 g/mol. The molecule has 17 nitrogen and oxygen atoms in total. The average Bonchev–Trinajstić information content (AvgIpc) is 3.20. The van der Waals surface area contributed by atoms with Crippen LogP contribution >= 0.6 is 9.24 Å². The van der Waals surface area contributed by atoms with E-state index in [1.165, 1.54) is 7.11 Å². The average molecular weight is 620 g/mol. The number of amides is 4. The normalized spacial score (nSPS) is 45.8. The Labute approximate surface area is 242 Å². The Morgan fingerprint density at radius 1 is 1.05 bits per heavy atom. The van der Waals surface area contributed by atoms with E-state index < -0.39 is 101 Å². The largest absolute Gasteiger partial charge is 0.393 e. The fourth-order valence-corrected chi connectivity index (χ4v) is 7.90. The second-order valence-corrected chi connectivity index (χ2v) is 12.1. The van der Waals surface area contributed by atoms with Crippen LogP contribution in [-0.4, -0.2) is 118 Å². The van der Waals surface area contributed by atoms with Gasteiger partial charge < -0.3 is 44.7 Å². The van der Waals surface area contributed by atoms with E-state index in [9.17, 15) is 39.6 Å². The van der Waals surface area contributed by atoms with Gasteiger partial charge in [0.1, 0.15) is 28.8 Å². The number of aliphatic hydroxyl groups is 4. The standard InChI is InChI=1S/C24H38N5O12P/c1-8-12(26-21(36)42)11-13(16(33)22(11,7-30)41-8)39-20-24(37)15-14(38-2)17(34)23(15,18(24)40-20)19(35)29-28-10(32)6-4-3-5-9(31)27-25/h8,11-18,20,30,33-34,37H,3-7,25,42H2,1-2H3,(H,26,36)(H,27,31)(H,28,32)(H,29,35). The maximum atomic E-state index is 13.3. The van der Waals surface area contributed by atoms with Gasteiger partial charge in [0.05, 0.1) is 37.1 Å². The summed E-state index contributed by atoms with van der Waals surface area (Å²) >= 11 is 0. The number of methoxy groups -OCH3 is 1. The number of unbranched alkanes of at least 4 members (excludes halogenated alkanes) is 1. The maximum absolute atomic E-state index is 13.3. The first-order chi connectivity index (χ1) is 19.9. The van der Waals surface area contributed by atoms with Crippen molar-refractivity contribution < 1.29 is 58.6 Å². The van der Waals surface area contributed by atoms with Gasteiger partial charge in [0.15, 0.2) is 6.29 Å². The fourth-order valence-electron chi connectivity index (χ4n) is 7.71. The summed E-state index contributed by atoms with van der Waals surface area (Å²) in [6.45, 7) is 1.15. The first-order valence-electron chi connectivity index (χ1n) is 13.7. The van der Waals surface area contributed by atoms with E-state index >= 15 is 0 Å². The third-order valence-electron chi connectivity index (χ3n) is 9.70. The summed E-state index contributed by atoms with van der Waals surface area (Å²) in [7, 11) is 3.30. The summed E-state index contributed by atoms with van der Waals surface area (Å²) in [6.07, 6.45) is -6.84. The zero-order valence-electron chi connectivity index (χ0n) is 23.0. The van der Waals surface area contributed by atoms with Crippen LogP contribution in [-0.2, 0) is 33.3 Å². The quantitative estimate of drug-likeness (QED) is 0.0349. The number of carbonyl (C=O) groups is 4. The molecule has 14 unspecified atom stereocenters. The Bertz CT molecular complexity index is 1140. The highest BCUT2D eigenvalue weighted by Gasteiger charge is 2.94. The number of hydrogen-bond acceptors (Lipinski definition) is 13. The summed E-state index contributed by atoms with van der Waals surface area (Å²) in [6, 6.07) is -0.619. The third-order valence-corrected chi connectivity index (χ3v) is 9.86. The molecule has 3 saturated carbocycles. The highest BCUT2D eigenvalue weighted by Crippen LogP contribution is 2.74. The second-order valence-electron chi connectivity index (χ2n) is 11.6. The van der Waals surface area contributed by atoms with Gasteiger partial charge in [-0.05, 0) is 29.0 Å². The molecule has 2 aliphatic heterocycles. The van der Waals surface area contributed by atoms with Crippen molar-refractivity contribution in [1.82, 2.24) is 21.6 Å². The Morgan fingerprint density at radius 2 is 1.71 bits per heavy atom. The Morgan fingerprint density at radius 3 is 2.31 bits per heavy atom. The zero-order chi connectivity index (χ0) is 30.8. The van der Waals surface area contributed by atoms with Crippen LogP contribution in [0, 0.1) is 17.3 Å². The van der Waals surface area contributed by atoms with Gasteiger partial charge in [-0.2, -0.15) is 0 Å². The molecule has 18 heteroatoms. The van der Waals surface area contributed by atoms with E-state index in [0.717, 1.165) is 0 Å². The number of nitrogens with two attached hydrogens (primary N) is 1. The van der Waals surface area contributed by atoms with E-state index in [0.29, 0.717) is 12.8 Å². The highest BCUT2D eigenvalue weighted by atomic mass is 31.0. The molecule has 14 atom stereocenters. The van der Waals surface area contributed by atoms with Crippen LogP contribution < -0.4 is 27.4 Å². The lowest BCUT2D eigenvalue weighted by Gasteiger charge is -2.80. The smallest absolute Gasteiger partial charge is 0.250 e. The lowest BCUT2D eigenvalue weighted by molar-refractivity contribution is -0.535. The van der Waals surface area contributed by atoms with Crippen LogP contribution in [0.5, 0.6) is 0 Å². The van der Waals surface area contributed by atoms with E-state index in [-0.39, 0.29) is 18.7 Å². The number of hydrazine groups is 2. The van der Waals surface area contributed by atoms with E-state index in [4.69, 9.17) is 24.8 Å². The molecule has 0 aromatic rings. The lowest BCUT2D eigenvalue weighted by Crippen LogP contribution is -3.00. The fraction of sp³-hybridized carbons (Fsp3) is 0.833. The number of ether oxygens (including phenoxy) is 4. The van der Waals surface area contributed by atoms with Gasteiger partial charge in [-0.25, -0.2) is 5.84 Å². The molecule has 5 fully saturated rings. The van der Waals surface area contributed by atoms with Crippen molar-refractivity contribution in [3.8, 4) is 0 Å². The number of carbonyl (C=O) groups excluding carboxylic acids is 4. The minimum atomic E-state index is -1.79. The molecule has 2 saturated heterocycles. The van der Waals surface area contributed by atoms with Crippen molar-refractivity contribution >= 4 is 32.6 Å². The van der Waals surface area contributed by atoms with Crippen LogP contribution in [0.1, 0.15) is 32.6 Å². The third kappa shape index (κ3) is 4.13. The first-order valence-corrected chi connectivity index (χ1v) is 14.3. The molecule has 0 spiro atoms. The molecule has 42 heavy (non-hydrogen) atoms. The molecule has 4 amide bonds. The summed E-state index contributed by atoms with van der Waals surface area (Å²) in [5, 5.41) is 46.2. The summed E-state index contributed by atoms with van der Waals surface area (Å²) in [5.41, 5.74) is 1.33. The predicted molar refractivity (Wildman–Crippen MR) is 140 cm³/mol. The molecule has 10 N–H and O–H groups in total. The predicted octanol–water partition coefficient (Wildman–Crippen LogP) is -4.38. The van der Waals surface area contributed by atoms with Crippen LogP contribution in [0.2, 0.25) is 0 Å². The Balaban J connectivity index is 1.23. The second kappa shape index (κ2) is 11.1. The van der Waals surface area contributed by atoms with Gasteiger partial charge in [-0.1, -0.05) is 0 Å². The van der Waals surface area contributed by atoms with Gasteiger partial charge in [-0.3, -0.25) is 35.5 Å². The molecular weight excluding hydrogens is 581 g/mol. The lowest BCUT2D eigenvalue weighted by atomic mass is 9.33. The number of nitrogens with one attached hydrogen (secondary N) is 4. The molecule has 0 aromatic heterocycles. The first kappa shape index (κ1) is 31.4. The van der Waals surface area contributed by atoms with Crippen LogP contribution in [0.4, 0.5) is 4.79 Å². The number of aliphatic hydroxyl groups excluding tert-OH is 3. The van der Waals surface area contributed by atoms with Crippen molar-refractivity contribution in [2.45, 2.75) is 92.8 Å². The Hall–Kier alpha value is -2.05. The molecule has 0 bridgehead atoms. The van der Waals surface area contributed by atoms with Crippen molar-refractivity contribution in [1.29, 1.82) is 0 Å². The summed E-state index contributed by atoms with van der Waals surface area (Å²) in [5.74, 6) is 1.67. The minimum absolute atomic E-state index is 0.0122. The molecule has 2 heterocycles. The van der Waals surface area contributed by atoms with Crippen molar-refractivity contribution in [3.05, 3.63) is 0 Å². The van der Waals surface area contributed by atoms with Gasteiger partial charge in [0, 0.05) is 31.8 Å². The maximum Gasteiger partial charge on any atom is 0.250 e. The van der Waals surface area contributed by atoms with Gasteiger partial charge in [-0.15, -0.1) is 0 Å². The number of rotatable bonds is 11. The molecule has 5 aliphatic rings. The highest BCUT2D eigenvalue weighted by molar-refractivity contribution is 7.39. The van der Waals surface area contributed by atoms with E-state index in [1.807, 2.05) is 14.7 Å². The van der Waals surface area contributed by atoms with E-state index in [2.05, 4.69) is 16.2 Å². The molecule has 0 aromatic carbocycles. The van der Waals surface area contributed by atoms with Crippen LogP contribution in [0.3, 0.4) is 0 Å². The molecule has 0 radical (unpaired) electrons. The molecular formula is C24H38N5O12P. The Kier molecular flexibility index (Phi) is 8.33. The van der Waals surface area contributed by atoms with Crippen LogP contribution in [0.25, 0.3) is 0 Å². The minimum Gasteiger partial charge on any atom is -0.393 e.